The number of benzene rings is 2. The Hall–Kier alpha value is -3.71. The van der Waals surface area contributed by atoms with Crippen LogP contribution in [0.3, 0.4) is 0 Å². The molecular weight excluding hydrogens is 406 g/mol. The summed E-state index contributed by atoms with van der Waals surface area (Å²) in [7, 11) is 0. The maximum Gasteiger partial charge on any atom is 0.263 e. The zero-order valence-electron chi connectivity index (χ0n) is 17.3. The van der Waals surface area contributed by atoms with Crippen LogP contribution < -0.4 is 15.6 Å². The van der Waals surface area contributed by atoms with Crippen molar-refractivity contribution in [2.75, 3.05) is 19.8 Å². The fourth-order valence-electron chi connectivity index (χ4n) is 4.67. The van der Waals surface area contributed by atoms with E-state index in [1.165, 1.54) is 0 Å². The van der Waals surface area contributed by atoms with Crippen LogP contribution in [-0.2, 0) is 9.53 Å². The standard InChI is InChI=1S/C25H21N3O4/c29-22(27-13-16-4-3-11-31-16)14-32-15-7-8-21-20(12-15)18-9-10-26-23-17-5-1-2-6-19(17)25(30)28(21)24(18)23/h1-2,5-10,12,16H,3-4,11,13-14H2,(H,27,29). The summed E-state index contributed by atoms with van der Waals surface area (Å²) in [4.78, 5) is 30.0. The number of amides is 1. The minimum atomic E-state index is -0.182. The quantitative estimate of drug-likeness (QED) is 0.436. The fraction of sp³-hybridized carbons (Fsp3) is 0.240. The molecule has 5 aromatic rings. The number of ether oxygens (including phenoxy) is 2. The minimum Gasteiger partial charge on any atom is -0.484 e. The molecule has 1 unspecified atom stereocenters. The van der Waals surface area contributed by atoms with Gasteiger partial charge >= 0.3 is 0 Å². The highest BCUT2D eigenvalue weighted by atomic mass is 16.5. The van der Waals surface area contributed by atoms with Gasteiger partial charge < -0.3 is 14.8 Å². The Morgan fingerprint density at radius 2 is 2.00 bits per heavy atom. The van der Waals surface area contributed by atoms with Gasteiger partial charge in [-0.2, -0.15) is 0 Å². The third-order valence-electron chi connectivity index (χ3n) is 6.18. The van der Waals surface area contributed by atoms with E-state index in [-0.39, 0.29) is 24.2 Å². The molecule has 0 saturated carbocycles. The Labute approximate surface area is 182 Å². The molecule has 6 rings (SSSR count). The number of carbonyl (C=O) groups excluding carboxylic acids is 1. The van der Waals surface area contributed by atoms with Crippen molar-refractivity contribution in [3.05, 3.63) is 65.1 Å². The molecule has 4 heterocycles. The highest BCUT2D eigenvalue weighted by Gasteiger charge is 2.19. The van der Waals surface area contributed by atoms with Crippen LogP contribution >= 0.6 is 0 Å². The third-order valence-corrected chi connectivity index (χ3v) is 6.18. The fourth-order valence-corrected chi connectivity index (χ4v) is 4.67. The molecule has 2 aromatic carbocycles. The van der Waals surface area contributed by atoms with Gasteiger partial charge in [-0.15, -0.1) is 0 Å². The molecule has 1 fully saturated rings. The normalized spacial score (nSPS) is 16.4. The lowest BCUT2D eigenvalue weighted by atomic mass is 10.1. The number of hydrogen-bond acceptors (Lipinski definition) is 5. The van der Waals surface area contributed by atoms with Gasteiger partial charge in [0.2, 0.25) is 0 Å². The van der Waals surface area contributed by atoms with Gasteiger partial charge in [0.1, 0.15) is 5.75 Å². The van der Waals surface area contributed by atoms with E-state index < -0.39 is 0 Å². The van der Waals surface area contributed by atoms with Crippen LogP contribution in [0.2, 0.25) is 0 Å². The average Bonchev–Trinajstić information content (AvgIpc) is 3.46. The highest BCUT2D eigenvalue weighted by Crippen LogP contribution is 2.34. The molecular formula is C25H21N3O4. The SMILES string of the molecule is O=C(COc1ccc2c(c1)c1ccnc3c4ccccc4c(=O)n2c13)NCC1CCCO1. The summed E-state index contributed by atoms with van der Waals surface area (Å²) in [5, 5.41) is 6.17. The van der Waals surface area contributed by atoms with Crippen molar-refractivity contribution in [2.24, 2.45) is 0 Å². The zero-order chi connectivity index (χ0) is 21.7. The Kier molecular flexibility index (Phi) is 4.43. The number of aromatic nitrogens is 2. The lowest BCUT2D eigenvalue weighted by molar-refractivity contribution is -0.123. The van der Waals surface area contributed by atoms with E-state index in [2.05, 4.69) is 10.3 Å². The van der Waals surface area contributed by atoms with Gasteiger partial charge in [0, 0.05) is 40.9 Å². The highest BCUT2D eigenvalue weighted by molar-refractivity contribution is 6.18. The number of pyridine rings is 2. The summed E-state index contributed by atoms with van der Waals surface area (Å²) in [5.41, 5.74) is 2.33. The minimum absolute atomic E-state index is 0.0664. The number of nitrogens with zero attached hydrogens (tertiary/aromatic N) is 2. The third kappa shape index (κ3) is 2.97. The molecule has 0 radical (unpaired) electrons. The molecule has 7 heteroatoms. The molecule has 0 spiro atoms. The zero-order valence-corrected chi connectivity index (χ0v) is 17.3. The summed E-state index contributed by atoms with van der Waals surface area (Å²) in [6.07, 6.45) is 3.87. The molecule has 1 saturated heterocycles. The van der Waals surface area contributed by atoms with Crippen molar-refractivity contribution in [2.45, 2.75) is 18.9 Å². The second-order valence-corrected chi connectivity index (χ2v) is 8.15. The lowest BCUT2D eigenvalue weighted by Gasteiger charge is -2.11. The van der Waals surface area contributed by atoms with E-state index in [0.717, 1.165) is 52.2 Å². The van der Waals surface area contributed by atoms with Gasteiger partial charge in [-0.1, -0.05) is 18.2 Å². The Balaban J connectivity index is 1.36. The summed E-state index contributed by atoms with van der Waals surface area (Å²) in [6, 6.07) is 15.0. The molecule has 0 bridgehead atoms. The molecule has 1 N–H and O–H groups in total. The molecule has 0 aliphatic carbocycles. The summed E-state index contributed by atoms with van der Waals surface area (Å²) >= 11 is 0. The van der Waals surface area contributed by atoms with E-state index >= 15 is 0 Å². The van der Waals surface area contributed by atoms with Crippen molar-refractivity contribution >= 4 is 44.0 Å². The first-order valence-corrected chi connectivity index (χ1v) is 10.8. The number of nitrogens with one attached hydrogen (secondary N) is 1. The predicted octanol–water partition coefficient (Wildman–Crippen LogP) is 3.27. The smallest absolute Gasteiger partial charge is 0.263 e. The van der Waals surface area contributed by atoms with Crippen LogP contribution in [0.4, 0.5) is 0 Å². The van der Waals surface area contributed by atoms with Crippen LogP contribution in [0.5, 0.6) is 5.75 Å². The first-order chi connectivity index (χ1) is 15.7. The van der Waals surface area contributed by atoms with Crippen LogP contribution in [0.1, 0.15) is 12.8 Å². The first-order valence-electron chi connectivity index (χ1n) is 10.8. The van der Waals surface area contributed by atoms with E-state index in [0.29, 0.717) is 17.7 Å². The van der Waals surface area contributed by atoms with E-state index in [4.69, 9.17) is 9.47 Å². The summed E-state index contributed by atoms with van der Waals surface area (Å²) in [6.45, 7) is 1.19. The monoisotopic (exact) mass is 427 g/mol. The molecule has 3 aromatic heterocycles. The Morgan fingerprint density at radius 1 is 1.12 bits per heavy atom. The maximum absolute atomic E-state index is 13.3. The van der Waals surface area contributed by atoms with E-state index in [1.807, 2.05) is 42.5 Å². The van der Waals surface area contributed by atoms with Crippen molar-refractivity contribution in [1.29, 1.82) is 0 Å². The molecule has 1 amide bonds. The van der Waals surface area contributed by atoms with Gasteiger partial charge in [0.25, 0.3) is 11.5 Å². The van der Waals surface area contributed by atoms with Crippen LogP contribution in [0.15, 0.2) is 59.5 Å². The van der Waals surface area contributed by atoms with E-state index in [9.17, 15) is 9.59 Å². The van der Waals surface area contributed by atoms with Gasteiger partial charge in [0.15, 0.2) is 6.61 Å². The van der Waals surface area contributed by atoms with Crippen molar-refractivity contribution in [3.63, 3.8) is 0 Å². The molecule has 7 nitrogen and oxygen atoms in total. The summed E-state index contributed by atoms with van der Waals surface area (Å²) < 4.78 is 13.0. The van der Waals surface area contributed by atoms with Gasteiger partial charge in [0.05, 0.1) is 22.7 Å². The lowest BCUT2D eigenvalue weighted by Crippen LogP contribution is -2.35. The van der Waals surface area contributed by atoms with Crippen LogP contribution in [0, 0.1) is 0 Å². The average molecular weight is 427 g/mol. The van der Waals surface area contributed by atoms with Crippen LogP contribution in [0.25, 0.3) is 38.1 Å². The molecule has 1 aliphatic heterocycles. The number of carbonyl (C=O) groups is 1. The second-order valence-electron chi connectivity index (χ2n) is 8.15. The number of fused-ring (bicyclic) bond motifs is 5. The first kappa shape index (κ1) is 19.0. The van der Waals surface area contributed by atoms with Gasteiger partial charge in [-0.25, -0.2) is 0 Å². The van der Waals surface area contributed by atoms with Crippen LogP contribution in [-0.4, -0.2) is 41.2 Å². The van der Waals surface area contributed by atoms with Crippen molar-refractivity contribution in [1.82, 2.24) is 14.7 Å². The maximum atomic E-state index is 13.3. The largest absolute Gasteiger partial charge is 0.484 e. The Morgan fingerprint density at radius 3 is 2.84 bits per heavy atom. The number of rotatable bonds is 5. The Bertz CT molecular complexity index is 1540. The van der Waals surface area contributed by atoms with Gasteiger partial charge in [-0.05, 0) is 43.2 Å². The van der Waals surface area contributed by atoms with Crippen molar-refractivity contribution in [3.8, 4) is 5.75 Å². The topological polar surface area (TPSA) is 81.9 Å². The van der Waals surface area contributed by atoms with E-state index in [1.54, 1.807) is 16.7 Å². The molecule has 1 atom stereocenters. The predicted molar refractivity (Wildman–Crippen MR) is 123 cm³/mol. The molecule has 32 heavy (non-hydrogen) atoms. The van der Waals surface area contributed by atoms with Gasteiger partial charge in [-0.3, -0.25) is 19.0 Å². The second kappa shape index (κ2) is 7.46. The van der Waals surface area contributed by atoms with Crippen molar-refractivity contribution < 1.29 is 14.3 Å². The number of hydrogen-bond donors (Lipinski definition) is 1. The summed E-state index contributed by atoms with van der Waals surface area (Å²) in [5.74, 6) is 0.393. The molecule has 160 valence electrons. The molecule has 1 aliphatic rings.